The molecule has 3 saturated carbocycles. The molecule has 0 N–H and O–H groups in total. The number of rotatable bonds is 0. The highest BCUT2D eigenvalue weighted by Crippen LogP contribution is 2.43. The fourth-order valence-electron chi connectivity index (χ4n) is 4.57. The van der Waals surface area contributed by atoms with Gasteiger partial charge >= 0.3 is 0 Å². The van der Waals surface area contributed by atoms with Crippen molar-refractivity contribution in [1.29, 1.82) is 0 Å². The monoisotopic (exact) mass is 250 g/mol. The lowest BCUT2D eigenvalue weighted by molar-refractivity contribution is 0.114. The van der Waals surface area contributed by atoms with Crippen molar-refractivity contribution in [1.82, 2.24) is 0 Å². The van der Waals surface area contributed by atoms with Crippen LogP contribution in [-0.4, -0.2) is 0 Å². The highest BCUT2D eigenvalue weighted by atomic mass is 14.4. The summed E-state index contributed by atoms with van der Waals surface area (Å²) in [7, 11) is 0. The zero-order valence-electron chi connectivity index (χ0n) is 12.8. The molecule has 0 saturated heterocycles. The Morgan fingerprint density at radius 2 is 1.17 bits per heavy atom. The van der Waals surface area contributed by atoms with E-state index < -0.39 is 0 Å². The Bertz CT molecular complexity index is 212. The molecule has 0 aromatic heterocycles. The summed E-state index contributed by atoms with van der Waals surface area (Å²) in [5.41, 5.74) is 0. The normalized spacial score (nSPS) is 37.3. The lowest BCUT2D eigenvalue weighted by Crippen LogP contribution is -2.29. The van der Waals surface area contributed by atoms with Crippen LogP contribution >= 0.6 is 0 Å². The van der Waals surface area contributed by atoms with Crippen LogP contribution in [-0.2, 0) is 0 Å². The Hall–Kier alpha value is 0. The molecule has 0 radical (unpaired) electrons. The van der Waals surface area contributed by atoms with Crippen LogP contribution in [0, 0.1) is 23.7 Å². The zero-order valence-corrected chi connectivity index (χ0v) is 12.8. The van der Waals surface area contributed by atoms with Crippen molar-refractivity contribution >= 4 is 0 Å². The summed E-state index contributed by atoms with van der Waals surface area (Å²) < 4.78 is 0. The molecule has 3 rings (SSSR count). The molecule has 0 nitrogen and oxygen atoms in total. The van der Waals surface area contributed by atoms with E-state index >= 15 is 0 Å². The maximum atomic E-state index is 2.47. The maximum Gasteiger partial charge on any atom is -0.0360 e. The van der Waals surface area contributed by atoms with Crippen molar-refractivity contribution in [2.45, 2.75) is 90.9 Å². The van der Waals surface area contributed by atoms with Crippen molar-refractivity contribution in [3.63, 3.8) is 0 Å². The summed E-state index contributed by atoms with van der Waals surface area (Å²) in [6, 6.07) is 0. The topological polar surface area (TPSA) is 0 Å². The summed E-state index contributed by atoms with van der Waals surface area (Å²) in [6.07, 6.45) is 18.2. The third-order valence-corrected chi connectivity index (χ3v) is 5.83. The van der Waals surface area contributed by atoms with Crippen LogP contribution in [0.15, 0.2) is 0 Å². The highest BCUT2D eigenvalue weighted by molar-refractivity contribution is 4.82. The molecule has 3 aliphatic carbocycles. The molecule has 3 aliphatic rings. The minimum absolute atomic E-state index is 1.04. The Balaban J connectivity index is 0.000000149. The molecule has 3 atom stereocenters. The molecule has 0 amide bonds. The van der Waals surface area contributed by atoms with Gasteiger partial charge in [0.2, 0.25) is 0 Å². The van der Waals surface area contributed by atoms with Crippen LogP contribution in [0.4, 0.5) is 0 Å². The molecule has 0 aromatic rings. The molecule has 18 heavy (non-hydrogen) atoms. The SMILES string of the molecule is CC1CCCC2CCCCC12.CC1CCCCC1. The predicted octanol–water partition coefficient (Wildman–Crippen LogP) is 6.20. The van der Waals surface area contributed by atoms with Gasteiger partial charge in [-0.1, -0.05) is 84.5 Å². The van der Waals surface area contributed by atoms with E-state index in [9.17, 15) is 0 Å². The van der Waals surface area contributed by atoms with Crippen LogP contribution in [0.2, 0.25) is 0 Å². The summed E-state index contributed by atoms with van der Waals surface area (Å²) in [4.78, 5) is 0. The van der Waals surface area contributed by atoms with E-state index in [0.717, 1.165) is 23.7 Å². The van der Waals surface area contributed by atoms with Gasteiger partial charge in [0.25, 0.3) is 0 Å². The Labute approximate surface area is 115 Å². The number of hydrogen-bond acceptors (Lipinski definition) is 0. The first-order valence-electron chi connectivity index (χ1n) is 8.77. The minimum atomic E-state index is 1.04. The van der Waals surface area contributed by atoms with Gasteiger partial charge in [-0.3, -0.25) is 0 Å². The predicted molar refractivity (Wildman–Crippen MR) is 80.7 cm³/mol. The summed E-state index contributed by atoms with van der Waals surface area (Å²) >= 11 is 0. The Morgan fingerprint density at radius 1 is 0.556 bits per heavy atom. The van der Waals surface area contributed by atoms with Gasteiger partial charge < -0.3 is 0 Å². The van der Waals surface area contributed by atoms with Gasteiger partial charge in [-0.2, -0.15) is 0 Å². The maximum absolute atomic E-state index is 2.47. The summed E-state index contributed by atoms with van der Waals surface area (Å²) in [5.74, 6) is 4.34. The zero-order chi connectivity index (χ0) is 12.8. The molecule has 0 spiro atoms. The number of hydrogen-bond donors (Lipinski definition) is 0. The molecule has 0 aliphatic heterocycles. The molecule has 0 heteroatoms. The lowest BCUT2D eigenvalue weighted by atomic mass is 9.66. The quantitative estimate of drug-likeness (QED) is 0.480. The van der Waals surface area contributed by atoms with Crippen LogP contribution in [0.5, 0.6) is 0 Å². The standard InChI is InChI=1S/C11H20.C7H14/c1-9-5-4-7-10-6-2-3-8-11(9)10;1-7-5-3-2-4-6-7/h9-11H,2-8H2,1H3;7H,2-6H2,1H3. The van der Waals surface area contributed by atoms with Gasteiger partial charge in [-0.15, -0.1) is 0 Å². The summed E-state index contributed by atoms with van der Waals surface area (Å²) in [5, 5.41) is 0. The molecule has 3 unspecified atom stereocenters. The number of fused-ring (bicyclic) bond motifs is 1. The fourth-order valence-corrected chi connectivity index (χ4v) is 4.57. The van der Waals surface area contributed by atoms with Crippen molar-refractivity contribution in [3.8, 4) is 0 Å². The Morgan fingerprint density at radius 3 is 1.78 bits per heavy atom. The lowest BCUT2D eigenvalue weighted by Gasteiger charge is -2.39. The van der Waals surface area contributed by atoms with Gasteiger partial charge in [0.1, 0.15) is 0 Å². The second kappa shape index (κ2) is 7.56. The van der Waals surface area contributed by atoms with Gasteiger partial charge in [0.15, 0.2) is 0 Å². The fraction of sp³-hybridized carbons (Fsp3) is 1.00. The van der Waals surface area contributed by atoms with Crippen molar-refractivity contribution in [3.05, 3.63) is 0 Å². The second-order valence-electron chi connectivity index (χ2n) is 7.36. The van der Waals surface area contributed by atoms with Crippen molar-refractivity contribution < 1.29 is 0 Å². The van der Waals surface area contributed by atoms with E-state index in [1.54, 1.807) is 19.3 Å². The van der Waals surface area contributed by atoms with E-state index in [1.165, 1.54) is 57.8 Å². The largest absolute Gasteiger partial charge is 0.0625 e. The van der Waals surface area contributed by atoms with Crippen LogP contribution in [0.3, 0.4) is 0 Å². The Kier molecular flexibility index (Phi) is 6.05. The molecule has 0 bridgehead atoms. The third-order valence-electron chi connectivity index (χ3n) is 5.83. The van der Waals surface area contributed by atoms with Crippen molar-refractivity contribution in [2.24, 2.45) is 23.7 Å². The van der Waals surface area contributed by atoms with Crippen LogP contribution in [0.25, 0.3) is 0 Å². The van der Waals surface area contributed by atoms with Gasteiger partial charge in [-0.25, -0.2) is 0 Å². The first-order chi connectivity index (χ1) is 8.77. The molecular formula is C18H34. The first kappa shape index (κ1) is 14.4. The molecular weight excluding hydrogens is 216 g/mol. The average molecular weight is 250 g/mol. The second-order valence-corrected chi connectivity index (χ2v) is 7.36. The molecule has 0 heterocycles. The third kappa shape index (κ3) is 4.28. The highest BCUT2D eigenvalue weighted by Gasteiger charge is 2.31. The van der Waals surface area contributed by atoms with Crippen LogP contribution in [0.1, 0.15) is 90.9 Å². The first-order valence-corrected chi connectivity index (χ1v) is 8.77. The van der Waals surface area contributed by atoms with E-state index in [1.807, 2.05) is 0 Å². The molecule has 3 fully saturated rings. The van der Waals surface area contributed by atoms with Gasteiger partial charge in [0, 0.05) is 0 Å². The molecule has 106 valence electrons. The van der Waals surface area contributed by atoms with Crippen molar-refractivity contribution in [2.75, 3.05) is 0 Å². The minimum Gasteiger partial charge on any atom is -0.0625 e. The molecule has 0 aromatic carbocycles. The van der Waals surface area contributed by atoms with E-state index in [0.29, 0.717) is 0 Å². The van der Waals surface area contributed by atoms with Crippen LogP contribution < -0.4 is 0 Å². The summed E-state index contributed by atoms with van der Waals surface area (Å²) in [6.45, 7) is 4.83. The smallest absolute Gasteiger partial charge is 0.0360 e. The van der Waals surface area contributed by atoms with E-state index in [-0.39, 0.29) is 0 Å². The van der Waals surface area contributed by atoms with E-state index in [4.69, 9.17) is 0 Å². The van der Waals surface area contributed by atoms with Gasteiger partial charge in [0.05, 0.1) is 0 Å². The van der Waals surface area contributed by atoms with E-state index in [2.05, 4.69) is 13.8 Å². The van der Waals surface area contributed by atoms with Gasteiger partial charge in [-0.05, 0) is 30.1 Å². The average Bonchev–Trinajstić information content (AvgIpc) is 2.41.